The van der Waals surface area contributed by atoms with E-state index in [1.807, 2.05) is 48.5 Å². The maximum atomic E-state index is 12.5. The second kappa shape index (κ2) is 6.98. The molecule has 0 bridgehead atoms. The van der Waals surface area contributed by atoms with Gasteiger partial charge in [0.25, 0.3) is 0 Å². The fraction of sp³-hybridized carbons (Fsp3) is 0.238. The van der Waals surface area contributed by atoms with Crippen molar-refractivity contribution in [2.75, 3.05) is 6.61 Å². The Morgan fingerprint density at radius 1 is 1.22 bits per heavy atom. The van der Waals surface area contributed by atoms with Gasteiger partial charge in [0.05, 0.1) is 30.7 Å². The van der Waals surface area contributed by atoms with Crippen molar-refractivity contribution in [1.82, 2.24) is 9.78 Å². The Morgan fingerprint density at radius 3 is 2.67 bits per heavy atom. The Labute approximate surface area is 156 Å². The number of aliphatic hydroxyl groups is 2. The number of benzene rings is 2. The summed E-state index contributed by atoms with van der Waals surface area (Å²) in [5.74, 6) is -0.494. The minimum absolute atomic E-state index is 0.0411. The van der Waals surface area contributed by atoms with Crippen molar-refractivity contribution >= 4 is 5.97 Å². The lowest BCUT2D eigenvalue weighted by Gasteiger charge is -2.23. The summed E-state index contributed by atoms with van der Waals surface area (Å²) in [5.41, 5.74) is 4.92. The van der Waals surface area contributed by atoms with E-state index in [2.05, 4.69) is 5.10 Å². The Morgan fingerprint density at radius 2 is 1.96 bits per heavy atom. The molecular formula is C21H20N2O4. The van der Waals surface area contributed by atoms with E-state index in [0.717, 1.165) is 28.1 Å². The Kier molecular flexibility index (Phi) is 4.51. The van der Waals surface area contributed by atoms with E-state index >= 15 is 0 Å². The summed E-state index contributed by atoms with van der Waals surface area (Å²) in [7, 11) is 0. The van der Waals surface area contributed by atoms with Crippen molar-refractivity contribution in [3.8, 4) is 16.9 Å². The van der Waals surface area contributed by atoms with E-state index in [4.69, 9.17) is 4.74 Å². The van der Waals surface area contributed by atoms with Crippen LogP contribution in [0.4, 0.5) is 0 Å². The van der Waals surface area contributed by atoms with Crippen molar-refractivity contribution in [3.05, 3.63) is 70.9 Å². The molecule has 1 heterocycles. The van der Waals surface area contributed by atoms with Crippen molar-refractivity contribution in [2.45, 2.75) is 26.1 Å². The number of rotatable bonds is 4. The number of carbonyl (C=O) groups is 1. The van der Waals surface area contributed by atoms with Crippen molar-refractivity contribution < 1.29 is 19.7 Å². The molecule has 0 saturated carbocycles. The molecule has 27 heavy (non-hydrogen) atoms. The molecule has 0 amide bonds. The molecule has 1 aromatic heterocycles. The van der Waals surface area contributed by atoms with Gasteiger partial charge in [-0.1, -0.05) is 36.4 Å². The van der Waals surface area contributed by atoms with Gasteiger partial charge in [-0.05, 0) is 30.2 Å². The zero-order valence-electron chi connectivity index (χ0n) is 14.9. The van der Waals surface area contributed by atoms with Crippen LogP contribution in [0, 0.1) is 0 Å². The lowest BCUT2D eigenvalue weighted by Crippen LogP contribution is -2.14. The smallest absolute Gasteiger partial charge is 0.359 e. The highest BCUT2D eigenvalue weighted by Gasteiger charge is 2.33. The van der Waals surface area contributed by atoms with E-state index in [1.165, 1.54) is 0 Å². The molecular weight excluding hydrogens is 344 g/mol. The first-order valence-electron chi connectivity index (χ1n) is 8.90. The summed E-state index contributed by atoms with van der Waals surface area (Å²) in [6, 6.07) is 14.9. The van der Waals surface area contributed by atoms with E-state index in [1.54, 1.807) is 11.6 Å². The lowest BCUT2D eigenvalue weighted by atomic mass is 9.86. The van der Waals surface area contributed by atoms with Gasteiger partial charge < -0.3 is 14.9 Å². The largest absolute Gasteiger partial charge is 0.461 e. The number of ether oxygens (including phenoxy) is 1. The molecule has 0 fully saturated rings. The van der Waals surface area contributed by atoms with E-state index in [9.17, 15) is 15.0 Å². The van der Waals surface area contributed by atoms with Crippen LogP contribution in [-0.4, -0.2) is 32.6 Å². The highest BCUT2D eigenvalue weighted by atomic mass is 16.5. The first-order chi connectivity index (χ1) is 13.1. The Hall–Kier alpha value is -2.96. The zero-order chi connectivity index (χ0) is 19.0. The molecule has 0 saturated heterocycles. The number of carbonyl (C=O) groups excluding carboxylic acids is 1. The molecule has 138 valence electrons. The van der Waals surface area contributed by atoms with E-state index in [0.29, 0.717) is 12.0 Å². The fourth-order valence-electron chi connectivity index (χ4n) is 3.52. The van der Waals surface area contributed by atoms with Gasteiger partial charge in [-0.15, -0.1) is 0 Å². The number of nitrogens with zero attached hydrogens (tertiary/aromatic N) is 2. The maximum Gasteiger partial charge on any atom is 0.359 e. The molecule has 6 nitrogen and oxygen atoms in total. The van der Waals surface area contributed by atoms with Crippen molar-refractivity contribution in [1.29, 1.82) is 0 Å². The van der Waals surface area contributed by atoms with E-state index < -0.39 is 12.1 Å². The van der Waals surface area contributed by atoms with Gasteiger partial charge in [0.2, 0.25) is 0 Å². The van der Waals surface area contributed by atoms with Crippen LogP contribution in [0.15, 0.2) is 48.5 Å². The third kappa shape index (κ3) is 2.93. The average molecular weight is 364 g/mol. The van der Waals surface area contributed by atoms with Gasteiger partial charge in [-0.2, -0.15) is 5.10 Å². The summed E-state index contributed by atoms with van der Waals surface area (Å²) in [4.78, 5) is 12.5. The normalized spacial score (nSPS) is 15.1. The molecule has 3 aromatic rings. The second-order valence-corrected chi connectivity index (χ2v) is 6.44. The topological polar surface area (TPSA) is 84.6 Å². The summed E-state index contributed by atoms with van der Waals surface area (Å²) in [6.45, 7) is 1.96. The lowest BCUT2D eigenvalue weighted by molar-refractivity contribution is 0.0517. The SMILES string of the molecule is CCOC(=O)c1nn(-c2ccc(CO)cc2)c2c1CC(O)c1ccccc1-2. The second-order valence-electron chi connectivity index (χ2n) is 6.44. The summed E-state index contributed by atoms with van der Waals surface area (Å²) in [5, 5.41) is 24.4. The quantitative estimate of drug-likeness (QED) is 0.696. The van der Waals surface area contributed by atoms with Gasteiger partial charge >= 0.3 is 5.97 Å². The van der Waals surface area contributed by atoms with Crippen LogP contribution < -0.4 is 0 Å². The number of fused-ring (bicyclic) bond motifs is 3. The van der Waals surface area contributed by atoms with Gasteiger partial charge in [-0.3, -0.25) is 0 Å². The minimum Gasteiger partial charge on any atom is -0.461 e. The van der Waals surface area contributed by atoms with E-state index in [-0.39, 0.29) is 18.9 Å². The van der Waals surface area contributed by atoms with Gasteiger partial charge in [0.1, 0.15) is 0 Å². The Balaban J connectivity index is 1.95. The van der Waals surface area contributed by atoms with Crippen LogP contribution in [0.2, 0.25) is 0 Å². The number of aromatic nitrogens is 2. The zero-order valence-corrected chi connectivity index (χ0v) is 14.9. The third-order valence-corrected chi connectivity index (χ3v) is 4.79. The summed E-state index contributed by atoms with van der Waals surface area (Å²) >= 11 is 0. The number of esters is 1. The predicted molar refractivity (Wildman–Crippen MR) is 99.5 cm³/mol. The average Bonchev–Trinajstić information content (AvgIpc) is 3.08. The van der Waals surface area contributed by atoms with Gasteiger partial charge in [-0.25, -0.2) is 9.48 Å². The first-order valence-corrected chi connectivity index (χ1v) is 8.90. The molecule has 1 aliphatic carbocycles. The van der Waals surface area contributed by atoms with Crippen LogP contribution in [-0.2, 0) is 17.8 Å². The molecule has 2 N–H and O–H groups in total. The standard InChI is InChI=1S/C21H20N2O4/c1-2-27-21(26)19-17-11-18(25)15-5-3-4-6-16(15)20(17)23(22-19)14-9-7-13(12-24)8-10-14/h3-10,18,24-25H,2,11-12H2,1H3. The molecule has 0 aliphatic heterocycles. The Bertz CT molecular complexity index is 992. The molecule has 1 atom stereocenters. The molecule has 4 rings (SSSR count). The molecule has 2 aromatic carbocycles. The van der Waals surface area contributed by atoms with Gasteiger partial charge in [0, 0.05) is 17.5 Å². The third-order valence-electron chi connectivity index (χ3n) is 4.79. The van der Waals surface area contributed by atoms with Crippen LogP contribution in [0.5, 0.6) is 0 Å². The van der Waals surface area contributed by atoms with Crippen LogP contribution >= 0.6 is 0 Å². The molecule has 1 unspecified atom stereocenters. The molecule has 1 aliphatic rings. The first kappa shape index (κ1) is 17.5. The number of hydrogen-bond donors (Lipinski definition) is 2. The molecule has 0 radical (unpaired) electrons. The van der Waals surface area contributed by atoms with Crippen molar-refractivity contribution in [2.24, 2.45) is 0 Å². The highest BCUT2D eigenvalue weighted by Crippen LogP contribution is 2.41. The molecule has 6 heteroatoms. The van der Waals surface area contributed by atoms with Crippen LogP contribution in [0.1, 0.15) is 40.2 Å². The number of aliphatic hydroxyl groups excluding tert-OH is 2. The summed E-state index contributed by atoms with van der Waals surface area (Å²) < 4.78 is 6.89. The minimum atomic E-state index is -0.698. The number of hydrogen-bond acceptors (Lipinski definition) is 5. The monoisotopic (exact) mass is 364 g/mol. The fourth-order valence-corrected chi connectivity index (χ4v) is 3.52. The predicted octanol–water partition coefficient (Wildman–Crippen LogP) is 2.80. The van der Waals surface area contributed by atoms with Gasteiger partial charge in [0.15, 0.2) is 5.69 Å². The van der Waals surface area contributed by atoms with Crippen LogP contribution in [0.25, 0.3) is 16.9 Å². The van der Waals surface area contributed by atoms with Crippen LogP contribution in [0.3, 0.4) is 0 Å². The maximum absolute atomic E-state index is 12.5. The molecule has 0 spiro atoms. The highest BCUT2D eigenvalue weighted by molar-refractivity contribution is 5.92. The summed E-state index contributed by atoms with van der Waals surface area (Å²) in [6.07, 6.45) is -0.397. The van der Waals surface area contributed by atoms with Crippen molar-refractivity contribution in [3.63, 3.8) is 0 Å².